The Morgan fingerprint density at radius 2 is 2.05 bits per heavy atom. The lowest BCUT2D eigenvalue weighted by molar-refractivity contribution is -0.213. The van der Waals surface area contributed by atoms with Gasteiger partial charge >= 0.3 is 11.9 Å². The van der Waals surface area contributed by atoms with Gasteiger partial charge in [-0.25, -0.2) is 4.79 Å². The molecule has 2 saturated heterocycles. The molecule has 5 atom stereocenters. The second-order valence-corrected chi connectivity index (χ2v) is 6.87. The largest absolute Gasteiger partial charge is 0.462 e. The van der Waals surface area contributed by atoms with Gasteiger partial charge < -0.3 is 14.6 Å². The van der Waals surface area contributed by atoms with E-state index in [2.05, 4.69) is 0 Å². The first-order valence-electron chi connectivity index (χ1n) is 7.11. The number of aliphatic hydroxyl groups is 1. The maximum absolute atomic E-state index is 12.2. The maximum atomic E-state index is 12.2. The molecule has 112 valence electrons. The summed E-state index contributed by atoms with van der Waals surface area (Å²) in [5, 5.41) is 11.0. The van der Waals surface area contributed by atoms with Gasteiger partial charge in [0.05, 0.1) is 11.8 Å². The number of esters is 2. The molecule has 0 amide bonds. The zero-order valence-electron chi connectivity index (χ0n) is 11.8. The molecule has 0 aromatic carbocycles. The molecule has 2 aliphatic heterocycles. The predicted molar refractivity (Wildman–Crippen MR) is 67.8 cm³/mol. The van der Waals surface area contributed by atoms with Crippen LogP contribution in [-0.2, 0) is 23.9 Å². The van der Waals surface area contributed by atoms with Crippen molar-refractivity contribution in [2.75, 3.05) is 6.61 Å². The Balaban J connectivity index is 2.00. The van der Waals surface area contributed by atoms with Crippen LogP contribution in [0.2, 0.25) is 0 Å². The van der Waals surface area contributed by atoms with Crippen molar-refractivity contribution in [3.63, 3.8) is 0 Å². The number of ketones is 1. The van der Waals surface area contributed by atoms with E-state index in [4.69, 9.17) is 9.47 Å². The Morgan fingerprint density at radius 3 is 2.76 bits per heavy atom. The summed E-state index contributed by atoms with van der Waals surface area (Å²) in [6.07, 6.45) is 0.956. The minimum atomic E-state index is -1.90. The molecule has 2 bridgehead atoms. The number of allylic oxidation sites excluding steroid dienone is 1. The van der Waals surface area contributed by atoms with E-state index >= 15 is 0 Å². The molecule has 21 heavy (non-hydrogen) atoms. The molecule has 1 saturated carbocycles. The van der Waals surface area contributed by atoms with Crippen molar-refractivity contribution < 1.29 is 29.0 Å². The molecule has 0 aromatic heterocycles. The lowest BCUT2D eigenvalue weighted by atomic mass is 9.50. The molecule has 4 rings (SSSR count). The van der Waals surface area contributed by atoms with E-state index in [0.717, 1.165) is 0 Å². The number of ether oxygens (including phenoxy) is 2. The fourth-order valence-electron chi connectivity index (χ4n) is 4.72. The van der Waals surface area contributed by atoms with Crippen molar-refractivity contribution in [2.24, 2.45) is 16.7 Å². The van der Waals surface area contributed by atoms with Gasteiger partial charge in [-0.3, -0.25) is 9.59 Å². The third-order valence-corrected chi connectivity index (χ3v) is 6.07. The van der Waals surface area contributed by atoms with E-state index < -0.39 is 34.5 Å². The van der Waals surface area contributed by atoms with Gasteiger partial charge in [-0.1, -0.05) is 6.92 Å². The Kier molecular flexibility index (Phi) is 2.09. The normalized spacial score (nSPS) is 51.0. The molecule has 3 fully saturated rings. The molecule has 0 aromatic rings. The monoisotopic (exact) mass is 292 g/mol. The minimum Gasteiger partial charge on any atom is -0.462 e. The highest BCUT2D eigenvalue weighted by Crippen LogP contribution is 2.66. The number of carbonyl (C=O) groups is 3. The van der Waals surface area contributed by atoms with Gasteiger partial charge in [0.15, 0.2) is 5.78 Å². The molecule has 2 heterocycles. The number of fused-ring (bicyclic) bond motifs is 4. The van der Waals surface area contributed by atoms with Crippen molar-refractivity contribution in [3.8, 4) is 0 Å². The number of hydrogen-bond acceptors (Lipinski definition) is 6. The van der Waals surface area contributed by atoms with Crippen molar-refractivity contribution in [1.29, 1.82) is 0 Å². The Hall–Kier alpha value is -1.69. The summed E-state index contributed by atoms with van der Waals surface area (Å²) in [5.41, 5.74) is -2.89. The average Bonchev–Trinajstić information content (AvgIpc) is 2.81. The van der Waals surface area contributed by atoms with E-state index in [1.165, 1.54) is 6.08 Å². The molecule has 4 aliphatic rings. The minimum absolute atomic E-state index is 0.00394. The van der Waals surface area contributed by atoms with E-state index in [-0.39, 0.29) is 24.7 Å². The number of cyclic esters (lactones) is 1. The van der Waals surface area contributed by atoms with Crippen LogP contribution < -0.4 is 0 Å². The third kappa shape index (κ3) is 1.14. The van der Waals surface area contributed by atoms with Gasteiger partial charge in [0, 0.05) is 11.3 Å². The van der Waals surface area contributed by atoms with Crippen LogP contribution in [0.25, 0.3) is 0 Å². The van der Waals surface area contributed by atoms with Crippen molar-refractivity contribution in [3.05, 3.63) is 11.6 Å². The van der Waals surface area contributed by atoms with Crippen molar-refractivity contribution in [2.45, 2.75) is 38.4 Å². The summed E-state index contributed by atoms with van der Waals surface area (Å²) in [7, 11) is 0. The van der Waals surface area contributed by atoms with Crippen molar-refractivity contribution >= 4 is 17.7 Å². The zero-order chi connectivity index (χ0) is 15.2. The van der Waals surface area contributed by atoms with Crippen LogP contribution in [0, 0.1) is 16.7 Å². The predicted octanol–water partition coefficient (Wildman–Crippen LogP) is 0.131. The SMILES string of the molecule is C[C@H]1C(=O)C=C2C13CC(=O)OC(C3)[C@@]1(O)C(=O)OC[C@@]21C. The second kappa shape index (κ2) is 3.38. The highest BCUT2D eigenvalue weighted by atomic mass is 16.6. The Labute approximate surface area is 121 Å². The van der Waals surface area contributed by atoms with Crippen LogP contribution in [0.5, 0.6) is 0 Å². The van der Waals surface area contributed by atoms with Crippen LogP contribution in [-0.4, -0.2) is 41.1 Å². The molecular weight excluding hydrogens is 276 g/mol. The fraction of sp³-hybridized carbons (Fsp3) is 0.667. The molecule has 6 nitrogen and oxygen atoms in total. The first-order valence-corrected chi connectivity index (χ1v) is 7.11. The van der Waals surface area contributed by atoms with Crippen LogP contribution in [0.4, 0.5) is 0 Å². The van der Waals surface area contributed by atoms with E-state index in [1.54, 1.807) is 13.8 Å². The Morgan fingerprint density at radius 1 is 1.33 bits per heavy atom. The number of rotatable bonds is 0. The molecular formula is C15H16O6. The van der Waals surface area contributed by atoms with Crippen LogP contribution in [0.3, 0.4) is 0 Å². The summed E-state index contributed by atoms with van der Waals surface area (Å²) < 4.78 is 10.4. The molecule has 6 heteroatoms. The lowest BCUT2D eigenvalue weighted by Gasteiger charge is -2.56. The maximum Gasteiger partial charge on any atom is 0.343 e. The summed E-state index contributed by atoms with van der Waals surface area (Å²) in [5.74, 6) is -1.66. The summed E-state index contributed by atoms with van der Waals surface area (Å²) >= 11 is 0. The lowest BCUT2D eigenvalue weighted by Crippen LogP contribution is -2.67. The first kappa shape index (κ1) is 13.0. The summed E-state index contributed by atoms with van der Waals surface area (Å²) in [6.45, 7) is 3.52. The van der Waals surface area contributed by atoms with Gasteiger partial charge in [-0.2, -0.15) is 0 Å². The standard InChI is InChI=1S/C15H16O6/c1-7-8(16)3-9-13(2)6-20-12(18)15(13,19)10-4-14(7,9)5-11(17)21-10/h3,7,10,19H,4-6H2,1-2H3/t7-,10?,13-,14?,15+/m0/s1. The van der Waals surface area contributed by atoms with Gasteiger partial charge in [0.2, 0.25) is 5.60 Å². The highest BCUT2D eigenvalue weighted by Gasteiger charge is 2.76. The zero-order valence-corrected chi connectivity index (χ0v) is 11.8. The number of carbonyl (C=O) groups excluding carboxylic acids is 3. The van der Waals surface area contributed by atoms with Gasteiger partial charge in [-0.15, -0.1) is 0 Å². The van der Waals surface area contributed by atoms with E-state index in [9.17, 15) is 19.5 Å². The molecule has 2 unspecified atom stereocenters. The van der Waals surface area contributed by atoms with Gasteiger partial charge in [0.1, 0.15) is 12.7 Å². The first-order chi connectivity index (χ1) is 9.75. The quantitative estimate of drug-likeness (QED) is 0.638. The van der Waals surface area contributed by atoms with Crippen LogP contribution in [0.1, 0.15) is 26.7 Å². The van der Waals surface area contributed by atoms with Gasteiger partial charge in [-0.05, 0) is 25.0 Å². The molecule has 2 aliphatic carbocycles. The molecule has 0 radical (unpaired) electrons. The third-order valence-electron chi connectivity index (χ3n) is 6.07. The highest BCUT2D eigenvalue weighted by molar-refractivity contribution is 5.99. The van der Waals surface area contributed by atoms with Crippen molar-refractivity contribution in [1.82, 2.24) is 0 Å². The van der Waals surface area contributed by atoms with E-state index in [0.29, 0.717) is 12.0 Å². The average molecular weight is 292 g/mol. The molecule has 1 N–H and O–H groups in total. The van der Waals surface area contributed by atoms with Gasteiger partial charge in [0.25, 0.3) is 0 Å². The van der Waals surface area contributed by atoms with Crippen LogP contribution >= 0.6 is 0 Å². The fourth-order valence-corrected chi connectivity index (χ4v) is 4.72. The second-order valence-electron chi connectivity index (χ2n) is 6.87. The number of hydrogen-bond donors (Lipinski definition) is 1. The Bertz CT molecular complexity index is 636. The summed E-state index contributed by atoms with van der Waals surface area (Å²) in [6, 6.07) is 0. The molecule has 1 spiro atoms. The van der Waals surface area contributed by atoms with E-state index in [1.807, 2.05) is 0 Å². The summed E-state index contributed by atoms with van der Waals surface area (Å²) in [4.78, 5) is 36.3. The smallest absolute Gasteiger partial charge is 0.343 e. The van der Waals surface area contributed by atoms with Crippen LogP contribution in [0.15, 0.2) is 11.6 Å². The topological polar surface area (TPSA) is 89.9 Å².